The largest absolute Gasteiger partial charge is 0.356 e. The van der Waals surface area contributed by atoms with Gasteiger partial charge in [-0.3, -0.25) is 4.90 Å². The highest BCUT2D eigenvalue weighted by Gasteiger charge is 2.31. The molecule has 0 aliphatic heterocycles. The number of hydrogen-bond donors (Lipinski definition) is 2. The monoisotopic (exact) mass is 383 g/mol. The minimum absolute atomic E-state index is 0.0557. The van der Waals surface area contributed by atoms with Gasteiger partial charge in [-0.05, 0) is 55.2 Å². The number of benzene rings is 2. The van der Waals surface area contributed by atoms with Crippen molar-refractivity contribution in [1.82, 2.24) is 4.98 Å². The van der Waals surface area contributed by atoms with Crippen LogP contribution in [0, 0.1) is 0 Å². The quantitative estimate of drug-likeness (QED) is 0.649. The van der Waals surface area contributed by atoms with E-state index < -0.39 is 6.03 Å². The second-order valence-corrected chi connectivity index (χ2v) is 7.07. The van der Waals surface area contributed by atoms with Crippen LogP contribution < -0.4 is 10.6 Å². The molecule has 0 bridgehead atoms. The number of nitrogens with two attached hydrogens (primary N) is 1. The van der Waals surface area contributed by atoms with Crippen molar-refractivity contribution in [2.75, 3.05) is 4.90 Å². The summed E-state index contributed by atoms with van der Waals surface area (Å²) in [4.78, 5) is 17.4. The summed E-state index contributed by atoms with van der Waals surface area (Å²) in [6, 6.07) is 15.4. The van der Waals surface area contributed by atoms with Crippen molar-refractivity contribution >= 4 is 38.6 Å². The topological polar surface area (TPSA) is 62.1 Å². The smallest absolute Gasteiger partial charge is 0.319 e. The molecule has 4 rings (SSSR count). The van der Waals surface area contributed by atoms with Crippen molar-refractivity contribution in [2.45, 2.75) is 25.3 Å². The molecule has 0 fully saturated rings. The minimum Gasteiger partial charge on any atom is -0.356 e. The second-order valence-electron chi connectivity index (χ2n) is 6.16. The van der Waals surface area contributed by atoms with Crippen LogP contribution in [0.4, 0.5) is 10.5 Å². The summed E-state index contributed by atoms with van der Waals surface area (Å²) in [5, 5.41) is 1.22. The van der Waals surface area contributed by atoms with E-state index in [1.54, 1.807) is 4.90 Å². The van der Waals surface area contributed by atoms with Gasteiger partial charge in [-0.25, -0.2) is 4.79 Å². The molecule has 2 aromatic carbocycles. The Hall–Kier alpha value is -2.27. The van der Waals surface area contributed by atoms with Gasteiger partial charge in [0.15, 0.2) is 0 Å². The molecular formula is C19H18BrN3O. The highest BCUT2D eigenvalue weighted by Crippen LogP contribution is 2.40. The molecule has 3 N–H and O–H groups in total. The lowest BCUT2D eigenvalue weighted by atomic mass is 9.90. The summed E-state index contributed by atoms with van der Waals surface area (Å²) in [6.07, 6.45) is 2.95. The Morgan fingerprint density at radius 3 is 2.75 bits per heavy atom. The fourth-order valence-corrected chi connectivity index (χ4v) is 4.08. The van der Waals surface area contributed by atoms with Crippen molar-refractivity contribution < 1.29 is 4.79 Å². The highest BCUT2D eigenvalue weighted by molar-refractivity contribution is 9.10. The van der Waals surface area contributed by atoms with Crippen LogP contribution in [-0.4, -0.2) is 11.0 Å². The molecule has 1 unspecified atom stereocenters. The van der Waals surface area contributed by atoms with Crippen LogP contribution in [0.1, 0.15) is 30.1 Å². The molecule has 1 aromatic heterocycles. The van der Waals surface area contributed by atoms with Gasteiger partial charge in [0.25, 0.3) is 0 Å². The van der Waals surface area contributed by atoms with Gasteiger partial charge in [0.2, 0.25) is 0 Å². The molecule has 4 nitrogen and oxygen atoms in total. The number of nitrogens with one attached hydrogen (secondary N) is 1. The number of primary amides is 1. The summed E-state index contributed by atoms with van der Waals surface area (Å²) in [5.74, 6) is 0. The van der Waals surface area contributed by atoms with Crippen molar-refractivity contribution in [3.05, 3.63) is 64.3 Å². The number of fused-ring (bicyclic) bond motifs is 3. The van der Waals surface area contributed by atoms with Gasteiger partial charge in [-0.15, -0.1) is 0 Å². The Bertz CT molecular complexity index is 904. The lowest BCUT2D eigenvalue weighted by molar-refractivity contribution is 0.250. The zero-order valence-electron chi connectivity index (χ0n) is 13.1. The molecule has 0 saturated carbocycles. The molecule has 0 spiro atoms. The van der Waals surface area contributed by atoms with Crippen LogP contribution >= 0.6 is 15.9 Å². The van der Waals surface area contributed by atoms with Crippen molar-refractivity contribution in [3.8, 4) is 0 Å². The lowest BCUT2D eigenvalue weighted by Crippen LogP contribution is -2.40. The summed E-state index contributed by atoms with van der Waals surface area (Å²) < 4.78 is 1.06. The van der Waals surface area contributed by atoms with E-state index >= 15 is 0 Å². The summed E-state index contributed by atoms with van der Waals surface area (Å²) >= 11 is 3.55. The number of aryl methyl sites for hydroxylation is 1. The summed E-state index contributed by atoms with van der Waals surface area (Å²) in [7, 11) is 0. The Kier molecular flexibility index (Phi) is 3.81. The maximum Gasteiger partial charge on any atom is 0.319 e. The third kappa shape index (κ3) is 2.49. The number of hydrogen-bond acceptors (Lipinski definition) is 1. The first-order valence-electron chi connectivity index (χ1n) is 8.09. The third-order valence-electron chi connectivity index (χ3n) is 4.72. The number of carbonyl (C=O) groups is 1. The van der Waals surface area contributed by atoms with E-state index in [0.717, 1.165) is 40.6 Å². The van der Waals surface area contributed by atoms with Gasteiger partial charge >= 0.3 is 6.03 Å². The minimum atomic E-state index is -0.418. The highest BCUT2D eigenvalue weighted by atomic mass is 79.9. The molecule has 1 aliphatic rings. The van der Waals surface area contributed by atoms with Crippen molar-refractivity contribution in [1.29, 1.82) is 0 Å². The normalized spacial score (nSPS) is 16.8. The van der Waals surface area contributed by atoms with E-state index in [4.69, 9.17) is 5.73 Å². The molecule has 1 atom stereocenters. The number of para-hydroxylation sites is 1. The number of H-pyrrole nitrogens is 1. The predicted octanol–water partition coefficient (Wildman–Crippen LogP) is 4.89. The van der Waals surface area contributed by atoms with Gasteiger partial charge in [0.1, 0.15) is 0 Å². The van der Waals surface area contributed by atoms with Gasteiger partial charge in [0.05, 0.1) is 6.04 Å². The molecule has 0 saturated heterocycles. The van der Waals surface area contributed by atoms with Gasteiger partial charge in [-0.2, -0.15) is 0 Å². The fraction of sp³-hybridized carbons (Fsp3) is 0.211. The molecule has 1 aliphatic carbocycles. The third-order valence-corrected chi connectivity index (χ3v) is 5.22. The van der Waals surface area contributed by atoms with E-state index in [1.807, 2.05) is 36.4 Å². The van der Waals surface area contributed by atoms with E-state index in [-0.39, 0.29) is 6.04 Å². The van der Waals surface area contributed by atoms with E-state index in [2.05, 4.69) is 33.0 Å². The molecule has 5 heteroatoms. The maximum atomic E-state index is 12.2. The van der Waals surface area contributed by atoms with Gasteiger partial charge in [0, 0.05) is 26.8 Å². The average Bonchev–Trinajstić information content (AvgIpc) is 2.95. The number of halogens is 1. The van der Waals surface area contributed by atoms with E-state index in [1.165, 1.54) is 10.9 Å². The number of aromatic nitrogens is 1. The number of carbonyl (C=O) groups excluding carboxylic acids is 1. The number of rotatable bonds is 2. The Balaban J connectivity index is 1.86. The van der Waals surface area contributed by atoms with Crippen LogP contribution in [0.25, 0.3) is 10.9 Å². The van der Waals surface area contributed by atoms with Crippen LogP contribution in [0.2, 0.25) is 0 Å². The first kappa shape index (κ1) is 15.3. The number of anilines is 1. The van der Waals surface area contributed by atoms with E-state index in [9.17, 15) is 4.79 Å². The average molecular weight is 384 g/mol. The number of nitrogens with zero attached hydrogens (tertiary/aromatic N) is 1. The zero-order chi connectivity index (χ0) is 16.7. The van der Waals surface area contributed by atoms with Crippen LogP contribution in [0.3, 0.4) is 0 Å². The molecular weight excluding hydrogens is 366 g/mol. The van der Waals surface area contributed by atoms with Crippen LogP contribution in [0.15, 0.2) is 53.0 Å². The van der Waals surface area contributed by atoms with Gasteiger partial charge in [-0.1, -0.05) is 34.1 Å². The Labute approximate surface area is 148 Å². The zero-order valence-corrected chi connectivity index (χ0v) is 14.7. The molecule has 0 radical (unpaired) electrons. The summed E-state index contributed by atoms with van der Waals surface area (Å²) in [5.41, 5.74) is 10.1. The predicted molar refractivity (Wildman–Crippen MR) is 100 cm³/mol. The fourth-order valence-electron chi connectivity index (χ4n) is 3.72. The number of amides is 2. The first-order valence-corrected chi connectivity index (χ1v) is 8.88. The number of aromatic amines is 1. The lowest BCUT2D eigenvalue weighted by Gasteiger charge is -2.33. The Morgan fingerprint density at radius 1 is 1.21 bits per heavy atom. The molecule has 3 aromatic rings. The molecule has 2 amide bonds. The standard InChI is InChI=1S/C19H18BrN3O/c20-12-9-10-16-15(11-12)14-7-4-8-17(18(14)22-16)23(19(21)24)13-5-2-1-3-6-13/h1-3,5-6,9-11,17,22H,4,7-8H2,(H2,21,24). The van der Waals surface area contributed by atoms with Crippen LogP contribution in [-0.2, 0) is 6.42 Å². The van der Waals surface area contributed by atoms with E-state index in [0.29, 0.717) is 0 Å². The van der Waals surface area contributed by atoms with Crippen molar-refractivity contribution in [3.63, 3.8) is 0 Å². The van der Waals surface area contributed by atoms with Crippen LogP contribution in [0.5, 0.6) is 0 Å². The molecule has 122 valence electrons. The first-order chi connectivity index (χ1) is 11.6. The Morgan fingerprint density at radius 2 is 2.00 bits per heavy atom. The van der Waals surface area contributed by atoms with Gasteiger partial charge < -0.3 is 10.7 Å². The SMILES string of the molecule is NC(=O)N(c1ccccc1)C1CCCc2c1[nH]c1ccc(Br)cc21. The maximum absolute atomic E-state index is 12.2. The number of urea groups is 1. The second kappa shape index (κ2) is 5.98. The van der Waals surface area contributed by atoms with Crippen molar-refractivity contribution in [2.24, 2.45) is 5.73 Å². The molecule has 24 heavy (non-hydrogen) atoms. The molecule has 1 heterocycles. The summed E-state index contributed by atoms with van der Waals surface area (Å²) in [6.45, 7) is 0.